The number of carbonyl (C=O) groups is 2. The first-order chi connectivity index (χ1) is 12.8. The van der Waals surface area contributed by atoms with E-state index in [9.17, 15) is 9.59 Å². The second kappa shape index (κ2) is 9.48. The van der Waals surface area contributed by atoms with Crippen LogP contribution in [-0.4, -0.2) is 80.6 Å². The lowest BCUT2D eigenvalue weighted by Gasteiger charge is -2.38. The molecule has 0 radical (unpaired) electrons. The zero-order chi connectivity index (χ0) is 20.3. The van der Waals surface area contributed by atoms with E-state index in [4.69, 9.17) is 9.47 Å². The number of methoxy groups -OCH3 is 2. The molecule has 1 aliphatic carbocycles. The Morgan fingerprint density at radius 1 is 1.22 bits per heavy atom. The fourth-order valence-electron chi connectivity index (χ4n) is 5.03. The smallest absolute Gasteiger partial charge is 0.225 e. The number of rotatable bonds is 11. The van der Waals surface area contributed by atoms with Gasteiger partial charge in [-0.3, -0.25) is 4.79 Å². The van der Waals surface area contributed by atoms with Gasteiger partial charge in [0.1, 0.15) is 6.29 Å². The summed E-state index contributed by atoms with van der Waals surface area (Å²) in [5, 5.41) is 0. The van der Waals surface area contributed by atoms with Crippen molar-refractivity contribution in [3.8, 4) is 0 Å². The molecule has 27 heavy (non-hydrogen) atoms. The number of hydrogen-bond acceptors (Lipinski definition) is 5. The minimum atomic E-state index is -0.237. The molecule has 0 bridgehead atoms. The number of likely N-dealkylation sites (N-methyl/N-ethyl adjacent to an activating group) is 1. The van der Waals surface area contributed by atoms with Gasteiger partial charge in [-0.05, 0) is 38.8 Å². The third-order valence-electron chi connectivity index (χ3n) is 6.70. The van der Waals surface area contributed by atoms with E-state index in [-0.39, 0.29) is 36.1 Å². The number of nitrogens with zero attached hydrogens (tertiary/aromatic N) is 2. The third kappa shape index (κ3) is 4.72. The molecule has 0 aromatic rings. The summed E-state index contributed by atoms with van der Waals surface area (Å²) >= 11 is 0. The second-order valence-corrected chi connectivity index (χ2v) is 8.68. The molecule has 2 aliphatic rings. The molecule has 0 N–H and O–H groups in total. The van der Waals surface area contributed by atoms with E-state index in [1.54, 1.807) is 14.2 Å². The Morgan fingerprint density at radius 3 is 2.37 bits per heavy atom. The minimum Gasteiger partial charge on any atom is -0.379 e. The molecule has 0 aromatic heterocycles. The van der Waals surface area contributed by atoms with Crippen molar-refractivity contribution in [3.63, 3.8) is 0 Å². The molecule has 6 nitrogen and oxygen atoms in total. The standard InChI is InChI=1S/C21H38N2O4/c1-8-13(2)20(22(4)5)18(26-6)11-19(25)23-16-9-15(16)10-17(23)21(27-7)14(3)12-24/h12-18,20-21H,8-11H2,1-7H3. The predicted octanol–water partition coefficient (Wildman–Crippen LogP) is 2.21. The molecule has 0 aromatic carbocycles. The first-order valence-corrected chi connectivity index (χ1v) is 10.3. The molecule has 2 rings (SSSR count). The average Bonchev–Trinajstić information content (AvgIpc) is 3.30. The van der Waals surface area contributed by atoms with Gasteiger partial charge >= 0.3 is 0 Å². The van der Waals surface area contributed by atoms with Crippen molar-refractivity contribution in [1.29, 1.82) is 0 Å². The largest absolute Gasteiger partial charge is 0.379 e. The van der Waals surface area contributed by atoms with Crippen LogP contribution < -0.4 is 0 Å². The van der Waals surface area contributed by atoms with E-state index >= 15 is 0 Å². The Bertz CT molecular complexity index is 512. The quantitative estimate of drug-likeness (QED) is 0.513. The van der Waals surface area contributed by atoms with Crippen LogP contribution >= 0.6 is 0 Å². The summed E-state index contributed by atoms with van der Waals surface area (Å²) in [5.41, 5.74) is 0. The fourth-order valence-corrected chi connectivity index (χ4v) is 5.03. The monoisotopic (exact) mass is 382 g/mol. The van der Waals surface area contributed by atoms with Gasteiger partial charge in [0.05, 0.1) is 24.7 Å². The number of hydrogen-bond donors (Lipinski definition) is 0. The lowest BCUT2D eigenvalue weighted by Crippen LogP contribution is -2.51. The van der Waals surface area contributed by atoms with Gasteiger partial charge in [-0.1, -0.05) is 27.2 Å². The van der Waals surface area contributed by atoms with Crippen LogP contribution in [0.2, 0.25) is 0 Å². The van der Waals surface area contributed by atoms with Gasteiger partial charge in [0, 0.05) is 32.2 Å². The normalized spacial score (nSPS) is 29.8. The van der Waals surface area contributed by atoms with Crippen LogP contribution in [-0.2, 0) is 19.1 Å². The zero-order valence-corrected chi connectivity index (χ0v) is 18.1. The van der Waals surface area contributed by atoms with Crippen molar-refractivity contribution in [2.75, 3.05) is 28.3 Å². The van der Waals surface area contributed by atoms with Crippen molar-refractivity contribution in [1.82, 2.24) is 9.80 Å². The maximum Gasteiger partial charge on any atom is 0.225 e. The predicted molar refractivity (Wildman–Crippen MR) is 106 cm³/mol. The summed E-state index contributed by atoms with van der Waals surface area (Å²) < 4.78 is 11.4. The first kappa shape index (κ1) is 22.3. The van der Waals surface area contributed by atoms with Crippen molar-refractivity contribution in [3.05, 3.63) is 0 Å². The highest BCUT2D eigenvalue weighted by Crippen LogP contribution is 2.50. The van der Waals surface area contributed by atoms with Gasteiger partial charge in [-0.25, -0.2) is 0 Å². The van der Waals surface area contributed by atoms with Crippen LogP contribution in [0.3, 0.4) is 0 Å². The van der Waals surface area contributed by atoms with E-state index in [1.807, 2.05) is 11.8 Å². The molecule has 8 unspecified atom stereocenters. The van der Waals surface area contributed by atoms with Gasteiger partial charge in [-0.2, -0.15) is 0 Å². The van der Waals surface area contributed by atoms with Crippen LogP contribution in [0.1, 0.15) is 46.5 Å². The maximum atomic E-state index is 13.3. The third-order valence-corrected chi connectivity index (χ3v) is 6.70. The molecule has 1 amide bonds. The van der Waals surface area contributed by atoms with Crippen molar-refractivity contribution in [2.24, 2.45) is 17.8 Å². The van der Waals surface area contributed by atoms with Crippen LogP contribution in [0.15, 0.2) is 0 Å². The summed E-state index contributed by atoms with van der Waals surface area (Å²) in [4.78, 5) is 28.8. The van der Waals surface area contributed by atoms with Crippen molar-refractivity contribution < 1.29 is 19.1 Å². The summed E-state index contributed by atoms with van der Waals surface area (Å²) in [6.45, 7) is 6.26. The summed E-state index contributed by atoms with van der Waals surface area (Å²) in [6, 6.07) is 0.496. The highest BCUT2D eigenvalue weighted by molar-refractivity contribution is 5.78. The van der Waals surface area contributed by atoms with Gasteiger partial charge < -0.3 is 24.1 Å². The SMILES string of the molecule is CCC(C)C(C(CC(=O)N1C2CC2CC1C(OC)C(C)C=O)OC)N(C)C. The van der Waals surface area contributed by atoms with Crippen LogP contribution in [0.4, 0.5) is 0 Å². The lowest BCUT2D eigenvalue weighted by molar-refractivity contribution is -0.142. The van der Waals surface area contributed by atoms with E-state index in [2.05, 4.69) is 32.8 Å². The highest BCUT2D eigenvalue weighted by atomic mass is 16.5. The van der Waals surface area contributed by atoms with Gasteiger partial charge in [0.2, 0.25) is 5.91 Å². The summed E-state index contributed by atoms with van der Waals surface area (Å²) in [7, 11) is 7.44. The number of likely N-dealkylation sites (tertiary alicyclic amines) is 1. The molecule has 6 heteroatoms. The number of carbonyl (C=O) groups excluding carboxylic acids is 2. The molecular formula is C21H38N2O4. The Morgan fingerprint density at radius 2 is 1.89 bits per heavy atom. The summed E-state index contributed by atoms with van der Waals surface area (Å²) in [5.74, 6) is 0.908. The van der Waals surface area contributed by atoms with Crippen molar-refractivity contribution in [2.45, 2.75) is 76.8 Å². The fraction of sp³-hybridized carbons (Fsp3) is 0.905. The molecule has 1 heterocycles. The number of fused-ring (bicyclic) bond motifs is 1. The summed E-state index contributed by atoms with van der Waals surface area (Å²) in [6.07, 6.45) is 3.97. The highest BCUT2D eigenvalue weighted by Gasteiger charge is 2.56. The van der Waals surface area contributed by atoms with E-state index in [0.29, 0.717) is 24.3 Å². The average molecular weight is 383 g/mol. The van der Waals surface area contributed by atoms with Crippen molar-refractivity contribution >= 4 is 12.2 Å². The molecule has 8 atom stereocenters. The molecule has 1 aliphatic heterocycles. The molecule has 0 spiro atoms. The number of amides is 1. The van der Waals surface area contributed by atoms with Crippen LogP contribution in [0.5, 0.6) is 0 Å². The van der Waals surface area contributed by atoms with E-state index in [1.165, 1.54) is 0 Å². The van der Waals surface area contributed by atoms with Gasteiger partial charge in [-0.15, -0.1) is 0 Å². The Kier molecular flexibility index (Phi) is 7.83. The second-order valence-electron chi connectivity index (χ2n) is 8.68. The van der Waals surface area contributed by atoms with Crippen LogP contribution in [0.25, 0.3) is 0 Å². The molecule has 1 saturated heterocycles. The zero-order valence-electron chi connectivity index (χ0n) is 18.1. The van der Waals surface area contributed by atoms with E-state index in [0.717, 1.165) is 25.5 Å². The number of aldehydes is 1. The number of ether oxygens (including phenoxy) is 2. The molecule has 2 fully saturated rings. The minimum absolute atomic E-state index is 0.00893. The maximum absolute atomic E-state index is 13.3. The molecular weight excluding hydrogens is 344 g/mol. The van der Waals surface area contributed by atoms with Gasteiger partial charge in [0.15, 0.2) is 0 Å². The number of piperidine rings is 1. The Hall–Kier alpha value is -0.980. The topological polar surface area (TPSA) is 59.1 Å². The van der Waals surface area contributed by atoms with E-state index < -0.39 is 0 Å². The Balaban J connectivity index is 2.15. The van der Waals surface area contributed by atoms with Crippen LogP contribution in [0, 0.1) is 17.8 Å². The molecule has 1 saturated carbocycles. The van der Waals surface area contributed by atoms with Gasteiger partial charge in [0.25, 0.3) is 0 Å². The first-order valence-electron chi connectivity index (χ1n) is 10.3. The lowest BCUT2D eigenvalue weighted by atomic mass is 9.90. The Labute approximate surface area is 164 Å². The molecule has 156 valence electrons.